The van der Waals surface area contributed by atoms with Crippen molar-refractivity contribution in [3.05, 3.63) is 54.1 Å². The van der Waals surface area contributed by atoms with E-state index in [1.165, 1.54) is 17.8 Å². The minimum Gasteiger partial charge on any atom is -0.478 e. The van der Waals surface area contributed by atoms with E-state index in [1.807, 2.05) is 24.3 Å². The second kappa shape index (κ2) is 6.53. The molecule has 7 heteroatoms. The number of fused-ring (bicyclic) bond motifs is 1. The van der Waals surface area contributed by atoms with E-state index in [9.17, 15) is 9.59 Å². The Morgan fingerprint density at radius 3 is 2.65 bits per heavy atom. The van der Waals surface area contributed by atoms with E-state index in [1.54, 1.807) is 18.2 Å². The Bertz CT molecular complexity index is 843. The number of aromatic amines is 1. The molecule has 6 nitrogen and oxygen atoms in total. The summed E-state index contributed by atoms with van der Waals surface area (Å²) in [5.41, 5.74) is 2.10. The van der Waals surface area contributed by atoms with Gasteiger partial charge in [-0.15, -0.1) is 0 Å². The molecule has 0 aliphatic heterocycles. The number of carbonyl (C=O) groups is 2. The molecule has 0 fully saturated rings. The number of aromatic carboxylic acids is 1. The van der Waals surface area contributed by atoms with Gasteiger partial charge in [0.15, 0.2) is 5.16 Å². The van der Waals surface area contributed by atoms with Crippen molar-refractivity contribution in [1.29, 1.82) is 0 Å². The Balaban J connectivity index is 1.65. The first kappa shape index (κ1) is 15.1. The van der Waals surface area contributed by atoms with Crippen molar-refractivity contribution in [3.8, 4) is 0 Å². The predicted octanol–water partition coefficient (Wildman–Crippen LogP) is 2.99. The summed E-state index contributed by atoms with van der Waals surface area (Å²) in [6, 6.07) is 13.9. The summed E-state index contributed by atoms with van der Waals surface area (Å²) in [6.07, 6.45) is 0. The van der Waals surface area contributed by atoms with Gasteiger partial charge in [0, 0.05) is 0 Å². The van der Waals surface area contributed by atoms with Gasteiger partial charge in [0.05, 0.1) is 28.0 Å². The van der Waals surface area contributed by atoms with E-state index in [0.29, 0.717) is 5.16 Å². The molecule has 0 spiro atoms. The van der Waals surface area contributed by atoms with Crippen LogP contribution in [0.15, 0.2) is 53.7 Å². The highest BCUT2D eigenvalue weighted by Crippen LogP contribution is 2.20. The van der Waals surface area contributed by atoms with Gasteiger partial charge in [0.2, 0.25) is 5.91 Å². The van der Waals surface area contributed by atoms with Crippen LogP contribution in [0.25, 0.3) is 11.0 Å². The minimum absolute atomic E-state index is 0.0644. The maximum atomic E-state index is 12.0. The molecule has 0 aliphatic carbocycles. The lowest BCUT2D eigenvalue weighted by atomic mass is 10.2. The molecule has 3 aromatic rings. The lowest BCUT2D eigenvalue weighted by molar-refractivity contribution is -0.113. The summed E-state index contributed by atoms with van der Waals surface area (Å²) in [4.78, 5) is 30.6. The number of nitrogens with zero attached hydrogens (tertiary/aromatic N) is 1. The van der Waals surface area contributed by atoms with Crippen LogP contribution in [-0.2, 0) is 4.79 Å². The molecule has 0 unspecified atom stereocenters. The number of imidazole rings is 1. The number of anilines is 1. The van der Waals surface area contributed by atoms with Crippen molar-refractivity contribution in [3.63, 3.8) is 0 Å². The van der Waals surface area contributed by atoms with Crippen LogP contribution in [0.4, 0.5) is 5.69 Å². The van der Waals surface area contributed by atoms with Gasteiger partial charge in [-0.2, -0.15) is 0 Å². The number of amides is 1. The number of para-hydroxylation sites is 3. The van der Waals surface area contributed by atoms with E-state index in [4.69, 9.17) is 5.11 Å². The molecular formula is C16H13N3O3S. The number of benzene rings is 2. The van der Waals surface area contributed by atoms with Crippen LogP contribution < -0.4 is 5.32 Å². The molecule has 0 saturated heterocycles. The first-order valence-corrected chi connectivity index (χ1v) is 7.82. The molecule has 3 rings (SSSR count). The highest BCUT2D eigenvalue weighted by atomic mass is 32.2. The number of carbonyl (C=O) groups excluding carboxylic acids is 1. The number of aromatic nitrogens is 2. The van der Waals surface area contributed by atoms with Gasteiger partial charge in [-0.1, -0.05) is 36.0 Å². The Morgan fingerprint density at radius 2 is 1.87 bits per heavy atom. The summed E-state index contributed by atoms with van der Waals surface area (Å²) >= 11 is 1.26. The van der Waals surface area contributed by atoms with E-state index < -0.39 is 5.97 Å². The topological polar surface area (TPSA) is 95.1 Å². The fourth-order valence-corrected chi connectivity index (χ4v) is 2.78. The molecule has 3 N–H and O–H groups in total. The van der Waals surface area contributed by atoms with Crippen LogP contribution in [0, 0.1) is 0 Å². The highest BCUT2D eigenvalue weighted by Gasteiger charge is 2.12. The van der Waals surface area contributed by atoms with Crippen molar-refractivity contribution >= 4 is 40.4 Å². The van der Waals surface area contributed by atoms with Gasteiger partial charge in [-0.3, -0.25) is 4.79 Å². The summed E-state index contributed by atoms with van der Waals surface area (Å²) < 4.78 is 0. The maximum absolute atomic E-state index is 12.0. The number of hydrogen-bond donors (Lipinski definition) is 3. The molecule has 1 amide bonds. The zero-order valence-corrected chi connectivity index (χ0v) is 12.8. The minimum atomic E-state index is -1.08. The zero-order chi connectivity index (χ0) is 16.2. The van der Waals surface area contributed by atoms with E-state index >= 15 is 0 Å². The van der Waals surface area contributed by atoms with Gasteiger partial charge in [0.1, 0.15) is 0 Å². The molecule has 1 aromatic heterocycles. The molecule has 0 bridgehead atoms. The smallest absolute Gasteiger partial charge is 0.337 e. The molecule has 23 heavy (non-hydrogen) atoms. The summed E-state index contributed by atoms with van der Waals surface area (Å²) in [5, 5.41) is 12.4. The zero-order valence-electron chi connectivity index (χ0n) is 11.9. The number of carboxylic acids is 1. The van der Waals surface area contributed by atoms with Crippen LogP contribution >= 0.6 is 11.8 Å². The number of carboxylic acid groups (broad SMARTS) is 1. The van der Waals surface area contributed by atoms with E-state index in [0.717, 1.165) is 11.0 Å². The molecule has 0 atom stereocenters. The van der Waals surface area contributed by atoms with Crippen molar-refractivity contribution in [2.45, 2.75) is 5.16 Å². The van der Waals surface area contributed by atoms with Crippen molar-refractivity contribution in [2.24, 2.45) is 0 Å². The quantitative estimate of drug-likeness (QED) is 0.626. The van der Waals surface area contributed by atoms with Crippen LogP contribution in [0.5, 0.6) is 0 Å². The number of thioether (sulfide) groups is 1. The second-order valence-corrected chi connectivity index (χ2v) is 5.71. The lowest BCUT2D eigenvalue weighted by Crippen LogP contribution is -2.16. The molecule has 1 heterocycles. The van der Waals surface area contributed by atoms with Gasteiger partial charge in [-0.25, -0.2) is 9.78 Å². The Hall–Kier alpha value is -2.80. The van der Waals surface area contributed by atoms with E-state index in [-0.39, 0.29) is 22.9 Å². The largest absolute Gasteiger partial charge is 0.478 e. The Kier molecular flexibility index (Phi) is 4.29. The predicted molar refractivity (Wildman–Crippen MR) is 88.8 cm³/mol. The van der Waals surface area contributed by atoms with Gasteiger partial charge < -0.3 is 15.4 Å². The van der Waals surface area contributed by atoms with Crippen molar-refractivity contribution < 1.29 is 14.7 Å². The third kappa shape index (κ3) is 3.51. The maximum Gasteiger partial charge on any atom is 0.337 e. The molecule has 116 valence electrons. The van der Waals surface area contributed by atoms with Crippen molar-refractivity contribution in [1.82, 2.24) is 9.97 Å². The molecular weight excluding hydrogens is 314 g/mol. The van der Waals surface area contributed by atoms with Gasteiger partial charge in [0.25, 0.3) is 0 Å². The third-order valence-corrected chi connectivity index (χ3v) is 4.01. The summed E-state index contributed by atoms with van der Waals surface area (Å²) in [7, 11) is 0. The molecule has 2 aromatic carbocycles. The number of rotatable bonds is 5. The number of nitrogens with one attached hydrogen (secondary N) is 2. The van der Waals surface area contributed by atoms with Crippen LogP contribution in [0.2, 0.25) is 0 Å². The normalized spacial score (nSPS) is 10.6. The van der Waals surface area contributed by atoms with Crippen LogP contribution in [0.3, 0.4) is 0 Å². The molecule has 0 aliphatic rings. The average molecular weight is 327 g/mol. The van der Waals surface area contributed by atoms with Crippen LogP contribution in [-0.4, -0.2) is 32.7 Å². The number of H-pyrrole nitrogens is 1. The van der Waals surface area contributed by atoms with Crippen LogP contribution in [0.1, 0.15) is 10.4 Å². The standard InChI is InChI=1S/C16H13N3O3S/c20-14(17-11-6-2-1-5-10(11)15(21)22)9-23-16-18-12-7-3-4-8-13(12)19-16/h1-8H,9H2,(H,17,20)(H,18,19)(H,21,22). The fourth-order valence-electron chi connectivity index (χ4n) is 2.10. The lowest BCUT2D eigenvalue weighted by Gasteiger charge is -2.07. The first-order valence-electron chi connectivity index (χ1n) is 6.83. The second-order valence-electron chi connectivity index (χ2n) is 4.75. The summed E-state index contributed by atoms with van der Waals surface area (Å²) in [6.45, 7) is 0. The summed E-state index contributed by atoms with van der Waals surface area (Å²) in [5.74, 6) is -1.23. The molecule has 0 saturated carbocycles. The Labute approximate surface area is 135 Å². The van der Waals surface area contributed by atoms with Gasteiger partial charge >= 0.3 is 5.97 Å². The SMILES string of the molecule is O=C(CSc1nc2ccccc2[nH]1)Nc1ccccc1C(=O)O. The number of hydrogen-bond acceptors (Lipinski definition) is 4. The highest BCUT2D eigenvalue weighted by molar-refractivity contribution is 7.99. The average Bonchev–Trinajstić information content (AvgIpc) is 2.96. The first-order chi connectivity index (χ1) is 11.1. The van der Waals surface area contributed by atoms with Gasteiger partial charge in [-0.05, 0) is 24.3 Å². The molecule has 0 radical (unpaired) electrons. The van der Waals surface area contributed by atoms with Crippen molar-refractivity contribution in [2.75, 3.05) is 11.1 Å². The third-order valence-electron chi connectivity index (χ3n) is 3.14. The van der Waals surface area contributed by atoms with E-state index in [2.05, 4.69) is 15.3 Å². The monoisotopic (exact) mass is 327 g/mol. The Morgan fingerprint density at radius 1 is 1.13 bits per heavy atom. The fraction of sp³-hybridized carbons (Fsp3) is 0.0625.